The number of nitrogens with zero attached hydrogens (tertiary/aromatic N) is 1. The van der Waals surface area contributed by atoms with Crippen molar-refractivity contribution < 1.29 is 44.5 Å². The Balaban J connectivity index is 1.37. The van der Waals surface area contributed by atoms with Gasteiger partial charge in [0.25, 0.3) is 5.69 Å². The average molecular weight is 534 g/mol. The van der Waals surface area contributed by atoms with Crippen LogP contribution in [0, 0.1) is 10.1 Å². The third-order valence-corrected chi connectivity index (χ3v) is 6.96. The third-order valence-electron chi connectivity index (χ3n) is 6.96. The molecule has 5 N–H and O–H groups in total. The summed E-state index contributed by atoms with van der Waals surface area (Å²) >= 11 is 0. The fraction of sp³-hybridized carbons (Fsp3) is 0.222. The Labute approximate surface area is 220 Å². The number of hydrogen-bond acceptors (Lipinski definition) is 10. The topological polar surface area (TPSA) is 197 Å². The molecule has 0 unspecified atom stereocenters. The standard InChI is InChI=1S/C27H22N2O10/c30-18-10-27(36,12-39-26(35)28-11-13-5-1-4-8-17(13)29(37)38)9-16-19(18)25(34)21-20(24(16)33)22(31)14-6-2-3-7-15(14)23(21)32/h1-8,18,30,33-34,36H,9-12H2,(H,28,35)/t18-,27-/m0/s1. The van der Waals surface area contributed by atoms with Crippen LogP contribution in [0.3, 0.4) is 0 Å². The molecule has 1 amide bonds. The molecule has 0 spiro atoms. The summed E-state index contributed by atoms with van der Waals surface area (Å²) in [6.07, 6.45) is -3.43. The van der Waals surface area contributed by atoms with Gasteiger partial charge in [0, 0.05) is 46.7 Å². The monoisotopic (exact) mass is 534 g/mol. The summed E-state index contributed by atoms with van der Waals surface area (Å²) < 4.78 is 5.09. The molecule has 0 bridgehead atoms. The molecular formula is C27H22N2O10. The predicted molar refractivity (Wildman–Crippen MR) is 133 cm³/mol. The van der Waals surface area contributed by atoms with Crippen molar-refractivity contribution in [1.82, 2.24) is 5.32 Å². The Morgan fingerprint density at radius 2 is 1.62 bits per heavy atom. The maximum absolute atomic E-state index is 13.2. The van der Waals surface area contributed by atoms with Crippen LogP contribution in [-0.2, 0) is 17.7 Å². The summed E-state index contributed by atoms with van der Waals surface area (Å²) in [5.74, 6) is -2.72. The Hall–Kier alpha value is -4.81. The highest BCUT2D eigenvalue weighted by atomic mass is 16.6. The summed E-state index contributed by atoms with van der Waals surface area (Å²) in [5.41, 5.74) is -3.01. The molecule has 2 atom stereocenters. The molecule has 39 heavy (non-hydrogen) atoms. The van der Waals surface area contributed by atoms with Gasteiger partial charge in [0.05, 0.1) is 28.7 Å². The first kappa shape index (κ1) is 25.8. The number of hydrogen-bond donors (Lipinski definition) is 5. The Kier molecular flexibility index (Phi) is 6.29. The van der Waals surface area contributed by atoms with Gasteiger partial charge in [-0.25, -0.2) is 4.79 Å². The lowest BCUT2D eigenvalue weighted by Gasteiger charge is -2.37. The molecule has 0 radical (unpaired) electrons. The highest BCUT2D eigenvalue weighted by molar-refractivity contribution is 6.30. The number of aliphatic hydroxyl groups is 2. The van der Waals surface area contributed by atoms with Gasteiger partial charge in [-0.15, -0.1) is 0 Å². The van der Waals surface area contributed by atoms with E-state index in [1.165, 1.54) is 30.3 Å². The molecule has 0 aliphatic heterocycles. The van der Waals surface area contributed by atoms with E-state index in [4.69, 9.17) is 4.74 Å². The van der Waals surface area contributed by atoms with Crippen molar-refractivity contribution in [3.8, 4) is 11.5 Å². The van der Waals surface area contributed by atoms with Gasteiger partial charge in [0.2, 0.25) is 0 Å². The van der Waals surface area contributed by atoms with Crippen LogP contribution >= 0.6 is 0 Å². The number of fused-ring (bicyclic) bond motifs is 3. The molecule has 0 heterocycles. The summed E-state index contributed by atoms with van der Waals surface area (Å²) in [7, 11) is 0. The number of nitrogens with one attached hydrogen (secondary N) is 1. The Bertz CT molecular complexity index is 1570. The number of phenolic OH excluding ortho intramolecular Hbond substituents is 2. The number of nitro groups is 1. The number of aliphatic hydroxyl groups excluding tert-OH is 1. The number of carbonyl (C=O) groups is 3. The SMILES string of the molecule is O=C(NCc1ccccc1[N+](=O)[O-])OC[C@]1(O)Cc2c(O)c3c(c(O)c2[C@@H](O)C1)C(=O)c1ccccc1C3=O. The number of aromatic hydroxyl groups is 2. The molecule has 200 valence electrons. The van der Waals surface area contributed by atoms with Gasteiger partial charge in [-0.3, -0.25) is 19.7 Å². The number of ether oxygens (including phenoxy) is 1. The van der Waals surface area contributed by atoms with Crippen LogP contribution in [0.15, 0.2) is 48.5 Å². The molecule has 12 nitrogen and oxygen atoms in total. The van der Waals surface area contributed by atoms with E-state index in [0.717, 1.165) is 0 Å². The van der Waals surface area contributed by atoms with Crippen molar-refractivity contribution in [2.75, 3.05) is 6.61 Å². The van der Waals surface area contributed by atoms with Gasteiger partial charge < -0.3 is 30.5 Å². The first-order valence-corrected chi connectivity index (χ1v) is 11.8. The Morgan fingerprint density at radius 1 is 1.03 bits per heavy atom. The molecule has 2 aliphatic rings. The van der Waals surface area contributed by atoms with E-state index in [0.29, 0.717) is 0 Å². The van der Waals surface area contributed by atoms with Crippen LogP contribution in [0.5, 0.6) is 11.5 Å². The summed E-state index contributed by atoms with van der Waals surface area (Å²) in [5, 5.41) is 57.4. The first-order chi connectivity index (χ1) is 18.5. The summed E-state index contributed by atoms with van der Waals surface area (Å²) in [6, 6.07) is 11.7. The van der Waals surface area contributed by atoms with Crippen molar-refractivity contribution in [3.05, 3.63) is 97.6 Å². The van der Waals surface area contributed by atoms with E-state index in [1.54, 1.807) is 18.2 Å². The zero-order valence-corrected chi connectivity index (χ0v) is 20.2. The van der Waals surface area contributed by atoms with Crippen molar-refractivity contribution in [2.24, 2.45) is 0 Å². The highest BCUT2D eigenvalue weighted by Crippen LogP contribution is 2.50. The number of benzene rings is 3. The molecule has 3 aromatic carbocycles. The lowest BCUT2D eigenvalue weighted by atomic mass is 9.73. The van der Waals surface area contributed by atoms with Crippen molar-refractivity contribution in [2.45, 2.75) is 31.1 Å². The number of para-hydroxylation sites is 1. The van der Waals surface area contributed by atoms with Crippen LogP contribution < -0.4 is 5.32 Å². The zero-order valence-electron chi connectivity index (χ0n) is 20.2. The highest BCUT2D eigenvalue weighted by Gasteiger charge is 2.45. The maximum atomic E-state index is 13.2. The van der Waals surface area contributed by atoms with E-state index in [1.807, 2.05) is 0 Å². The van der Waals surface area contributed by atoms with Crippen molar-refractivity contribution in [1.29, 1.82) is 0 Å². The van der Waals surface area contributed by atoms with Crippen LogP contribution in [0.25, 0.3) is 0 Å². The number of phenols is 2. The second kappa shape index (κ2) is 9.49. The van der Waals surface area contributed by atoms with Crippen LogP contribution in [0.1, 0.15) is 61.1 Å². The molecule has 0 saturated carbocycles. The largest absolute Gasteiger partial charge is 0.507 e. The van der Waals surface area contributed by atoms with Gasteiger partial charge in [0.15, 0.2) is 11.6 Å². The molecule has 2 aliphatic carbocycles. The second-order valence-corrected chi connectivity index (χ2v) is 9.48. The smallest absolute Gasteiger partial charge is 0.407 e. The van der Waals surface area contributed by atoms with E-state index < -0.39 is 76.4 Å². The van der Waals surface area contributed by atoms with Crippen molar-refractivity contribution in [3.63, 3.8) is 0 Å². The fourth-order valence-electron chi connectivity index (χ4n) is 5.15. The number of nitro benzene ring substituents is 1. The number of ketones is 2. The molecular weight excluding hydrogens is 512 g/mol. The van der Waals surface area contributed by atoms with Gasteiger partial charge in [-0.2, -0.15) is 0 Å². The number of alkyl carbamates (subject to hydrolysis) is 1. The van der Waals surface area contributed by atoms with Gasteiger partial charge in [-0.1, -0.05) is 42.5 Å². The average Bonchev–Trinajstić information content (AvgIpc) is 2.91. The van der Waals surface area contributed by atoms with E-state index >= 15 is 0 Å². The van der Waals surface area contributed by atoms with E-state index in [2.05, 4.69) is 5.32 Å². The number of carbonyl (C=O) groups excluding carboxylic acids is 3. The van der Waals surface area contributed by atoms with Crippen molar-refractivity contribution >= 4 is 23.3 Å². The minimum absolute atomic E-state index is 0.0370. The predicted octanol–water partition coefficient (Wildman–Crippen LogP) is 2.42. The first-order valence-electron chi connectivity index (χ1n) is 11.8. The lowest BCUT2D eigenvalue weighted by Crippen LogP contribution is -2.44. The Morgan fingerprint density at radius 3 is 2.26 bits per heavy atom. The number of rotatable bonds is 5. The molecule has 0 saturated heterocycles. The van der Waals surface area contributed by atoms with E-state index in [-0.39, 0.29) is 40.0 Å². The van der Waals surface area contributed by atoms with E-state index in [9.17, 15) is 44.9 Å². The summed E-state index contributed by atoms with van der Waals surface area (Å²) in [4.78, 5) is 49.1. The third kappa shape index (κ3) is 4.35. The van der Waals surface area contributed by atoms with Gasteiger partial charge >= 0.3 is 6.09 Å². The number of amides is 1. The second-order valence-electron chi connectivity index (χ2n) is 9.48. The molecule has 0 fully saturated rings. The molecule has 3 aromatic rings. The lowest BCUT2D eigenvalue weighted by molar-refractivity contribution is -0.385. The normalized spacial score (nSPS) is 19.5. The molecule has 12 heteroatoms. The fourth-order valence-corrected chi connectivity index (χ4v) is 5.15. The van der Waals surface area contributed by atoms with Crippen LogP contribution in [-0.4, -0.2) is 55.2 Å². The molecule has 0 aromatic heterocycles. The minimum atomic E-state index is -1.92. The zero-order chi connectivity index (χ0) is 28.1. The van der Waals surface area contributed by atoms with Gasteiger partial charge in [0.1, 0.15) is 23.7 Å². The maximum Gasteiger partial charge on any atom is 0.407 e. The minimum Gasteiger partial charge on any atom is -0.507 e. The quantitative estimate of drug-likeness (QED) is 0.144. The van der Waals surface area contributed by atoms with Crippen LogP contribution in [0.4, 0.5) is 10.5 Å². The molecule has 5 rings (SSSR count). The summed E-state index contributed by atoms with van der Waals surface area (Å²) in [6.45, 7) is -0.877. The van der Waals surface area contributed by atoms with Crippen LogP contribution in [0.2, 0.25) is 0 Å². The van der Waals surface area contributed by atoms with Gasteiger partial charge in [-0.05, 0) is 0 Å².